The van der Waals surface area contributed by atoms with Gasteiger partial charge in [0.25, 0.3) is 0 Å². The number of nitrogens with one attached hydrogen (secondary N) is 2. The van der Waals surface area contributed by atoms with Crippen LogP contribution >= 0.6 is 23.2 Å². The van der Waals surface area contributed by atoms with E-state index in [1.165, 1.54) is 6.07 Å². The Morgan fingerprint density at radius 2 is 2.12 bits per heavy atom. The van der Waals surface area contributed by atoms with Gasteiger partial charge in [0.2, 0.25) is 5.91 Å². The molecule has 3 N–H and O–H groups in total. The van der Waals surface area contributed by atoms with Crippen LogP contribution in [0.3, 0.4) is 0 Å². The molecule has 6 heteroatoms. The molecule has 0 fully saturated rings. The van der Waals surface area contributed by atoms with E-state index in [0.29, 0.717) is 17.1 Å². The lowest BCUT2D eigenvalue weighted by atomic mass is 10.2. The number of phenolic OH excluding ortho intramolecular Hbond substituents is 1. The molecule has 0 saturated carbocycles. The van der Waals surface area contributed by atoms with Crippen molar-refractivity contribution in [2.45, 2.75) is 6.54 Å². The van der Waals surface area contributed by atoms with Crippen molar-refractivity contribution >= 4 is 29.1 Å². The Morgan fingerprint density at radius 3 is 2.75 bits per heavy atom. The number of benzene rings is 1. The zero-order valence-corrected chi connectivity index (χ0v) is 10.2. The van der Waals surface area contributed by atoms with Crippen LogP contribution in [0.5, 0.6) is 5.75 Å². The number of halogens is 2. The first-order valence-electron chi connectivity index (χ1n) is 4.62. The molecular formula is C10H12Cl2N2O2. The minimum Gasteiger partial charge on any atom is -0.506 e. The van der Waals surface area contributed by atoms with Crippen LogP contribution in [0.15, 0.2) is 12.1 Å². The Balaban J connectivity index is 2.63. The molecular weight excluding hydrogens is 251 g/mol. The van der Waals surface area contributed by atoms with E-state index in [1.54, 1.807) is 13.1 Å². The number of carbonyl (C=O) groups excluding carboxylic acids is 1. The minimum atomic E-state index is -0.132. The Bertz CT molecular complexity index is 397. The Kier molecular flexibility index (Phi) is 4.86. The molecule has 0 unspecified atom stereocenters. The fourth-order valence-corrected chi connectivity index (χ4v) is 1.69. The highest BCUT2D eigenvalue weighted by Gasteiger charge is 2.07. The van der Waals surface area contributed by atoms with Crippen molar-refractivity contribution in [3.63, 3.8) is 0 Å². The molecule has 4 nitrogen and oxygen atoms in total. The number of rotatable bonds is 4. The van der Waals surface area contributed by atoms with Gasteiger partial charge in [-0.2, -0.15) is 0 Å². The molecule has 0 aliphatic rings. The van der Waals surface area contributed by atoms with E-state index in [4.69, 9.17) is 23.2 Å². The lowest BCUT2D eigenvalue weighted by Crippen LogP contribution is -2.30. The minimum absolute atomic E-state index is 0.0181. The maximum absolute atomic E-state index is 10.9. The number of hydrogen-bond acceptors (Lipinski definition) is 3. The SMILES string of the molecule is CNC(=O)CNCc1cc(Cl)cc(Cl)c1O. The second-order valence-corrected chi connectivity index (χ2v) is 4.02. The molecule has 0 saturated heterocycles. The molecule has 0 aromatic heterocycles. The third-order valence-electron chi connectivity index (χ3n) is 1.99. The molecule has 88 valence electrons. The summed E-state index contributed by atoms with van der Waals surface area (Å²) >= 11 is 11.5. The topological polar surface area (TPSA) is 61.4 Å². The lowest BCUT2D eigenvalue weighted by molar-refractivity contribution is -0.119. The zero-order valence-electron chi connectivity index (χ0n) is 8.68. The van der Waals surface area contributed by atoms with Gasteiger partial charge in [-0.3, -0.25) is 4.79 Å². The van der Waals surface area contributed by atoms with E-state index >= 15 is 0 Å². The van der Waals surface area contributed by atoms with Crippen LogP contribution in [-0.4, -0.2) is 24.6 Å². The van der Waals surface area contributed by atoms with Crippen LogP contribution in [0.2, 0.25) is 10.0 Å². The van der Waals surface area contributed by atoms with Crippen LogP contribution < -0.4 is 10.6 Å². The molecule has 0 bridgehead atoms. The third kappa shape index (κ3) is 3.56. The predicted molar refractivity (Wildman–Crippen MR) is 63.9 cm³/mol. The largest absolute Gasteiger partial charge is 0.506 e. The van der Waals surface area contributed by atoms with Crippen LogP contribution in [0.1, 0.15) is 5.56 Å². The zero-order chi connectivity index (χ0) is 12.1. The van der Waals surface area contributed by atoms with Gasteiger partial charge in [0.1, 0.15) is 5.75 Å². The monoisotopic (exact) mass is 262 g/mol. The van der Waals surface area contributed by atoms with E-state index in [0.717, 1.165) is 0 Å². The normalized spacial score (nSPS) is 10.2. The fraction of sp³-hybridized carbons (Fsp3) is 0.300. The summed E-state index contributed by atoms with van der Waals surface area (Å²) in [4.78, 5) is 10.9. The van der Waals surface area contributed by atoms with Crippen LogP contribution in [0.25, 0.3) is 0 Å². The molecule has 0 spiro atoms. The van der Waals surface area contributed by atoms with Crippen molar-refractivity contribution in [2.24, 2.45) is 0 Å². The summed E-state index contributed by atoms with van der Waals surface area (Å²) in [7, 11) is 1.55. The van der Waals surface area contributed by atoms with E-state index in [-0.39, 0.29) is 23.2 Å². The second kappa shape index (κ2) is 5.94. The first kappa shape index (κ1) is 13.1. The summed E-state index contributed by atoms with van der Waals surface area (Å²) in [6, 6.07) is 3.06. The summed E-state index contributed by atoms with van der Waals surface area (Å²) in [5.41, 5.74) is 0.557. The summed E-state index contributed by atoms with van der Waals surface area (Å²) in [5.74, 6) is -0.150. The fourth-order valence-electron chi connectivity index (χ4n) is 1.15. The van der Waals surface area contributed by atoms with E-state index in [2.05, 4.69) is 10.6 Å². The maximum Gasteiger partial charge on any atom is 0.233 e. The second-order valence-electron chi connectivity index (χ2n) is 3.17. The predicted octanol–water partition coefficient (Wildman–Crippen LogP) is 1.53. The average molecular weight is 263 g/mol. The van der Waals surface area contributed by atoms with Gasteiger partial charge < -0.3 is 15.7 Å². The smallest absolute Gasteiger partial charge is 0.233 e. The number of hydrogen-bond donors (Lipinski definition) is 3. The molecule has 1 aromatic carbocycles. The number of amides is 1. The molecule has 0 atom stereocenters. The average Bonchev–Trinajstić information content (AvgIpc) is 2.24. The van der Waals surface area contributed by atoms with E-state index in [9.17, 15) is 9.90 Å². The van der Waals surface area contributed by atoms with E-state index in [1.807, 2.05) is 0 Å². The molecule has 1 amide bonds. The van der Waals surface area contributed by atoms with Crippen molar-refractivity contribution in [1.82, 2.24) is 10.6 Å². The van der Waals surface area contributed by atoms with Gasteiger partial charge in [0, 0.05) is 24.2 Å². The molecule has 1 rings (SSSR count). The van der Waals surface area contributed by atoms with Crippen molar-refractivity contribution in [3.05, 3.63) is 27.7 Å². The molecule has 0 aliphatic carbocycles. The number of carbonyl (C=O) groups is 1. The van der Waals surface area contributed by atoms with E-state index < -0.39 is 0 Å². The van der Waals surface area contributed by atoms with Gasteiger partial charge in [0.05, 0.1) is 11.6 Å². The Labute approximate surface area is 104 Å². The van der Waals surface area contributed by atoms with Crippen molar-refractivity contribution < 1.29 is 9.90 Å². The summed E-state index contributed by atoms with van der Waals surface area (Å²) in [5, 5.41) is 15.6. The highest BCUT2D eigenvalue weighted by atomic mass is 35.5. The number of aromatic hydroxyl groups is 1. The van der Waals surface area contributed by atoms with Gasteiger partial charge in [-0.15, -0.1) is 0 Å². The molecule has 0 radical (unpaired) electrons. The summed E-state index contributed by atoms with van der Waals surface area (Å²) in [6.07, 6.45) is 0. The van der Waals surface area contributed by atoms with Crippen molar-refractivity contribution in [2.75, 3.05) is 13.6 Å². The van der Waals surface area contributed by atoms with Gasteiger partial charge in [-0.25, -0.2) is 0 Å². The van der Waals surface area contributed by atoms with Gasteiger partial charge >= 0.3 is 0 Å². The lowest BCUT2D eigenvalue weighted by Gasteiger charge is -2.08. The Morgan fingerprint density at radius 1 is 1.44 bits per heavy atom. The van der Waals surface area contributed by atoms with Crippen molar-refractivity contribution in [1.29, 1.82) is 0 Å². The standard InChI is InChI=1S/C10H12Cl2N2O2/c1-13-9(15)5-14-4-6-2-7(11)3-8(12)10(6)16/h2-3,14,16H,4-5H2,1H3,(H,13,15). The molecule has 1 aromatic rings. The molecule has 0 aliphatic heterocycles. The van der Waals surface area contributed by atoms with Gasteiger partial charge in [-0.05, 0) is 12.1 Å². The highest BCUT2D eigenvalue weighted by Crippen LogP contribution is 2.30. The summed E-state index contributed by atoms with van der Waals surface area (Å²) in [6.45, 7) is 0.486. The number of likely N-dealkylation sites (N-methyl/N-ethyl adjacent to an activating group) is 1. The maximum atomic E-state index is 10.9. The quantitative estimate of drug-likeness (QED) is 0.772. The van der Waals surface area contributed by atoms with Crippen LogP contribution in [0.4, 0.5) is 0 Å². The molecule has 0 heterocycles. The highest BCUT2D eigenvalue weighted by molar-refractivity contribution is 6.35. The van der Waals surface area contributed by atoms with Gasteiger partial charge in [-0.1, -0.05) is 23.2 Å². The van der Waals surface area contributed by atoms with Crippen LogP contribution in [0, 0.1) is 0 Å². The first-order valence-corrected chi connectivity index (χ1v) is 5.38. The van der Waals surface area contributed by atoms with Gasteiger partial charge in [0.15, 0.2) is 0 Å². The molecule has 16 heavy (non-hydrogen) atoms. The Hall–Kier alpha value is -0.970. The summed E-state index contributed by atoms with van der Waals surface area (Å²) < 4.78 is 0. The first-order chi connectivity index (χ1) is 7.54. The number of phenols is 1. The van der Waals surface area contributed by atoms with Crippen molar-refractivity contribution in [3.8, 4) is 5.75 Å². The third-order valence-corrected chi connectivity index (χ3v) is 2.49. The van der Waals surface area contributed by atoms with Crippen LogP contribution in [-0.2, 0) is 11.3 Å².